The second-order valence-electron chi connectivity index (χ2n) is 4.29. The zero-order valence-corrected chi connectivity index (χ0v) is 11.0. The van der Waals surface area contributed by atoms with Crippen LogP contribution in [0.15, 0.2) is 36.4 Å². The molecule has 2 rings (SSSR count). The number of hydrogen-bond acceptors (Lipinski definition) is 2. The van der Waals surface area contributed by atoms with Crippen LogP contribution in [0.5, 0.6) is 0 Å². The van der Waals surface area contributed by atoms with E-state index in [2.05, 4.69) is 11.0 Å². The Kier molecular flexibility index (Phi) is 6.69. The SMILES string of the molecule is N#C[C-](/C=C/c1ccccc1)N1CCCCC1.[Li+]. The summed E-state index contributed by atoms with van der Waals surface area (Å²) in [5.41, 5.74) is 1.14. The predicted molar refractivity (Wildman–Crippen MR) is 69.8 cm³/mol. The molecule has 0 atom stereocenters. The average molecular weight is 232 g/mol. The Morgan fingerprint density at radius 3 is 2.39 bits per heavy atom. The molecule has 1 fully saturated rings. The van der Waals surface area contributed by atoms with Crippen molar-refractivity contribution in [2.75, 3.05) is 13.1 Å². The van der Waals surface area contributed by atoms with Crippen LogP contribution in [0.3, 0.4) is 0 Å². The number of nitriles is 1. The van der Waals surface area contributed by atoms with Gasteiger partial charge in [0.2, 0.25) is 0 Å². The fourth-order valence-electron chi connectivity index (χ4n) is 2.09. The first-order chi connectivity index (χ1) is 8.40. The molecule has 0 bridgehead atoms. The number of piperidine rings is 1. The molecule has 0 amide bonds. The van der Waals surface area contributed by atoms with E-state index in [4.69, 9.17) is 0 Å². The summed E-state index contributed by atoms with van der Waals surface area (Å²) < 4.78 is 0. The third-order valence-electron chi connectivity index (χ3n) is 3.04. The summed E-state index contributed by atoms with van der Waals surface area (Å²) >= 11 is 0. The predicted octanol–water partition coefficient (Wildman–Crippen LogP) is 0.245. The van der Waals surface area contributed by atoms with Gasteiger partial charge in [-0.15, -0.1) is 5.56 Å². The molecule has 88 valence electrons. The van der Waals surface area contributed by atoms with E-state index in [1.54, 1.807) is 0 Å². The second-order valence-corrected chi connectivity index (χ2v) is 4.29. The van der Waals surface area contributed by atoms with Gasteiger partial charge in [-0.25, -0.2) is 11.3 Å². The molecule has 1 saturated heterocycles. The van der Waals surface area contributed by atoms with Crippen LogP contribution in [0, 0.1) is 17.4 Å². The Balaban J connectivity index is 0.00000162. The number of rotatable bonds is 3. The fraction of sp³-hybridized carbons (Fsp3) is 0.333. The minimum Gasteiger partial charge on any atom is -0.344 e. The number of likely N-dealkylation sites (tertiary alicyclic amines) is 1. The summed E-state index contributed by atoms with van der Waals surface area (Å²) in [6, 6.07) is 13.2. The normalized spacial score (nSPS) is 15.9. The maximum Gasteiger partial charge on any atom is 1.00 e. The summed E-state index contributed by atoms with van der Waals surface area (Å²) in [4.78, 5) is 2.18. The third kappa shape index (κ3) is 4.28. The van der Waals surface area contributed by atoms with Crippen LogP contribution < -0.4 is 18.9 Å². The summed E-state index contributed by atoms with van der Waals surface area (Å²) in [6.45, 7) is 2.03. The largest absolute Gasteiger partial charge is 1.00 e. The van der Waals surface area contributed by atoms with Crippen molar-refractivity contribution in [3.05, 3.63) is 48.0 Å². The zero-order chi connectivity index (χ0) is 11.9. The van der Waals surface area contributed by atoms with E-state index in [0.717, 1.165) is 24.7 Å². The first-order valence-electron chi connectivity index (χ1n) is 6.15. The number of nitrogens with zero attached hydrogens (tertiary/aromatic N) is 2. The Labute approximate surface area is 121 Å². The first kappa shape index (κ1) is 14.9. The van der Waals surface area contributed by atoms with Gasteiger partial charge in [-0.05, 0) is 25.9 Å². The third-order valence-corrected chi connectivity index (χ3v) is 3.04. The van der Waals surface area contributed by atoms with E-state index in [9.17, 15) is 5.26 Å². The van der Waals surface area contributed by atoms with Crippen molar-refractivity contribution in [1.29, 1.82) is 5.26 Å². The molecule has 1 aliphatic rings. The molecule has 0 aromatic heterocycles. The van der Waals surface area contributed by atoms with E-state index in [0.29, 0.717) is 0 Å². The topological polar surface area (TPSA) is 27.0 Å². The molecular weight excluding hydrogens is 215 g/mol. The first-order valence-corrected chi connectivity index (χ1v) is 6.15. The number of benzene rings is 1. The van der Waals surface area contributed by atoms with Gasteiger partial charge in [0.25, 0.3) is 0 Å². The van der Waals surface area contributed by atoms with Crippen LogP contribution in [0.4, 0.5) is 0 Å². The van der Waals surface area contributed by atoms with Crippen molar-refractivity contribution >= 4 is 6.08 Å². The smallest absolute Gasteiger partial charge is 0.344 e. The standard InChI is InChI=1S/C15H17N2.Li/c16-13-15(17-11-5-2-6-12-17)10-9-14-7-3-1-4-8-14;/h1,3-4,7-10H,2,5-6,11-12H2;/q-1;+1/b10-9+;. The summed E-state index contributed by atoms with van der Waals surface area (Å²) in [5.74, 6) is 0. The van der Waals surface area contributed by atoms with Crippen molar-refractivity contribution in [2.24, 2.45) is 0 Å². The molecule has 1 aliphatic heterocycles. The maximum absolute atomic E-state index is 9.18. The quantitative estimate of drug-likeness (QED) is 0.551. The molecule has 0 spiro atoms. The molecule has 1 aromatic rings. The van der Waals surface area contributed by atoms with Crippen molar-refractivity contribution in [2.45, 2.75) is 19.3 Å². The minimum absolute atomic E-state index is 0. The van der Waals surface area contributed by atoms with Gasteiger partial charge >= 0.3 is 18.9 Å². The minimum atomic E-state index is 0. The van der Waals surface area contributed by atoms with Crippen LogP contribution in [-0.2, 0) is 0 Å². The van der Waals surface area contributed by atoms with Gasteiger partial charge in [-0.1, -0.05) is 42.8 Å². The zero-order valence-electron chi connectivity index (χ0n) is 11.0. The van der Waals surface area contributed by atoms with Crippen LogP contribution >= 0.6 is 0 Å². The Morgan fingerprint density at radius 2 is 1.78 bits per heavy atom. The van der Waals surface area contributed by atoms with E-state index >= 15 is 0 Å². The van der Waals surface area contributed by atoms with E-state index in [1.807, 2.05) is 42.5 Å². The van der Waals surface area contributed by atoms with E-state index in [-0.39, 0.29) is 18.9 Å². The summed E-state index contributed by atoms with van der Waals surface area (Å²) in [6.07, 6.45) is 7.63. The van der Waals surface area contributed by atoms with Crippen LogP contribution in [0.1, 0.15) is 24.8 Å². The van der Waals surface area contributed by atoms with E-state index in [1.165, 1.54) is 19.3 Å². The van der Waals surface area contributed by atoms with Gasteiger partial charge in [-0.2, -0.15) is 6.08 Å². The Bertz CT molecular complexity index is 402. The molecule has 0 saturated carbocycles. The van der Waals surface area contributed by atoms with Gasteiger partial charge < -0.3 is 4.90 Å². The molecule has 0 N–H and O–H groups in total. The molecule has 2 nitrogen and oxygen atoms in total. The van der Waals surface area contributed by atoms with Crippen LogP contribution in [-0.4, -0.2) is 18.0 Å². The summed E-state index contributed by atoms with van der Waals surface area (Å²) in [7, 11) is 0. The van der Waals surface area contributed by atoms with Crippen molar-refractivity contribution in [3.8, 4) is 6.07 Å². The summed E-state index contributed by atoms with van der Waals surface area (Å²) in [5, 5.41) is 9.18. The molecule has 1 aromatic carbocycles. The molecular formula is C15H17LiN2. The van der Waals surface area contributed by atoms with Crippen LogP contribution in [0.25, 0.3) is 6.08 Å². The second kappa shape index (κ2) is 8.06. The van der Waals surface area contributed by atoms with Gasteiger partial charge in [0.15, 0.2) is 0 Å². The van der Waals surface area contributed by atoms with Gasteiger partial charge in [0.1, 0.15) is 0 Å². The molecule has 0 radical (unpaired) electrons. The molecule has 0 unspecified atom stereocenters. The molecule has 3 heteroatoms. The van der Waals surface area contributed by atoms with Crippen molar-refractivity contribution in [3.63, 3.8) is 0 Å². The maximum atomic E-state index is 9.18. The van der Waals surface area contributed by atoms with E-state index < -0.39 is 0 Å². The van der Waals surface area contributed by atoms with Crippen LogP contribution in [0.2, 0.25) is 0 Å². The average Bonchev–Trinajstić information content (AvgIpc) is 2.42. The fourth-order valence-corrected chi connectivity index (χ4v) is 2.09. The molecule has 18 heavy (non-hydrogen) atoms. The Hall–Kier alpha value is -1.12. The van der Waals surface area contributed by atoms with Crippen molar-refractivity contribution < 1.29 is 18.9 Å². The Morgan fingerprint density at radius 1 is 1.11 bits per heavy atom. The molecule has 1 heterocycles. The van der Waals surface area contributed by atoms with Gasteiger partial charge in [-0.3, -0.25) is 0 Å². The monoisotopic (exact) mass is 232 g/mol. The van der Waals surface area contributed by atoms with Gasteiger partial charge in [0.05, 0.1) is 0 Å². The van der Waals surface area contributed by atoms with Gasteiger partial charge in [0, 0.05) is 6.07 Å². The number of hydrogen-bond donors (Lipinski definition) is 0. The molecule has 0 aliphatic carbocycles. The van der Waals surface area contributed by atoms with Crippen molar-refractivity contribution in [1.82, 2.24) is 4.90 Å².